The lowest BCUT2D eigenvalue weighted by atomic mass is 10.0. The minimum Gasteiger partial charge on any atom is -0.480 e. The first-order valence-corrected chi connectivity index (χ1v) is 6.79. The second-order valence-electron chi connectivity index (χ2n) is 4.45. The summed E-state index contributed by atoms with van der Waals surface area (Å²) in [6.07, 6.45) is 0. The summed E-state index contributed by atoms with van der Waals surface area (Å²) >= 11 is 1.80. The number of non-ortho nitro benzene ring substituents is 1. The van der Waals surface area contributed by atoms with E-state index < -0.39 is 22.8 Å². The third-order valence-electron chi connectivity index (χ3n) is 2.63. The van der Waals surface area contributed by atoms with E-state index in [0.717, 1.165) is 0 Å². The highest BCUT2D eigenvalue weighted by Crippen LogP contribution is 2.20. The summed E-state index contributed by atoms with van der Waals surface area (Å²) in [6, 6.07) is 2.78. The summed E-state index contributed by atoms with van der Waals surface area (Å²) in [5.41, 5.74) is 0.0905. The van der Waals surface area contributed by atoms with Crippen molar-refractivity contribution in [1.29, 1.82) is 0 Å². The quantitative estimate of drug-likeness (QED) is 0.453. The van der Waals surface area contributed by atoms with Crippen LogP contribution in [0.1, 0.15) is 24.2 Å². The van der Waals surface area contributed by atoms with E-state index in [1.54, 1.807) is 36.4 Å². The summed E-state index contributed by atoms with van der Waals surface area (Å²) in [5.74, 6) is -1.96. The van der Waals surface area contributed by atoms with Gasteiger partial charge in [0.15, 0.2) is 0 Å². The number of hydrogen-bond acceptors (Lipinski definition) is 4. The van der Waals surface area contributed by atoms with Crippen LogP contribution in [-0.4, -0.2) is 27.9 Å². The van der Waals surface area contributed by atoms with E-state index in [1.165, 1.54) is 18.2 Å². The van der Waals surface area contributed by atoms with Gasteiger partial charge in [0.1, 0.15) is 6.04 Å². The molecule has 1 amide bonds. The SMILES string of the molecule is CC(C)[C@@H](NC(=O)c1ccc([N+](=O)[O-])cc1I)C(=O)O. The summed E-state index contributed by atoms with van der Waals surface area (Å²) in [6.45, 7) is 3.36. The number of carbonyl (C=O) groups excluding carboxylic acids is 1. The molecule has 0 aliphatic carbocycles. The Kier molecular flexibility index (Phi) is 5.43. The van der Waals surface area contributed by atoms with Gasteiger partial charge in [-0.25, -0.2) is 4.79 Å². The molecule has 0 heterocycles. The number of carbonyl (C=O) groups is 2. The fourth-order valence-electron chi connectivity index (χ4n) is 1.53. The molecule has 0 spiro atoms. The molecule has 0 saturated carbocycles. The van der Waals surface area contributed by atoms with Gasteiger partial charge in [-0.1, -0.05) is 13.8 Å². The van der Waals surface area contributed by atoms with Crippen molar-refractivity contribution in [3.05, 3.63) is 37.4 Å². The van der Waals surface area contributed by atoms with Gasteiger partial charge in [-0.2, -0.15) is 0 Å². The van der Waals surface area contributed by atoms with E-state index in [2.05, 4.69) is 5.32 Å². The predicted octanol–water partition coefficient (Wildman–Crippen LogP) is 2.04. The molecule has 7 nitrogen and oxygen atoms in total. The van der Waals surface area contributed by atoms with Crippen molar-refractivity contribution in [2.75, 3.05) is 0 Å². The molecular formula is C12H13IN2O5. The van der Waals surface area contributed by atoms with Crippen LogP contribution in [0.15, 0.2) is 18.2 Å². The molecule has 0 unspecified atom stereocenters. The van der Waals surface area contributed by atoms with E-state index in [1.807, 2.05) is 0 Å². The highest BCUT2D eigenvalue weighted by atomic mass is 127. The number of nitro benzene ring substituents is 1. The molecule has 1 rings (SSSR count). The van der Waals surface area contributed by atoms with Gasteiger partial charge in [-0.3, -0.25) is 14.9 Å². The van der Waals surface area contributed by atoms with Crippen LogP contribution in [0, 0.1) is 19.6 Å². The maximum atomic E-state index is 12.0. The number of nitrogens with zero attached hydrogens (tertiary/aromatic N) is 1. The first-order valence-electron chi connectivity index (χ1n) is 5.71. The Morgan fingerprint density at radius 3 is 2.40 bits per heavy atom. The van der Waals surface area contributed by atoms with Crippen LogP contribution >= 0.6 is 22.6 Å². The number of benzene rings is 1. The molecule has 2 N–H and O–H groups in total. The van der Waals surface area contributed by atoms with Crippen molar-refractivity contribution in [1.82, 2.24) is 5.32 Å². The number of nitro groups is 1. The summed E-state index contributed by atoms with van der Waals surface area (Å²) in [4.78, 5) is 33.1. The third kappa shape index (κ3) is 3.89. The van der Waals surface area contributed by atoms with E-state index >= 15 is 0 Å². The molecule has 0 fully saturated rings. The van der Waals surface area contributed by atoms with Crippen molar-refractivity contribution >= 4 is 40.2 Å². The highest BCUT2D eigenvalue weighted by Gasteiger charge is 2.25. The lowest BCUT2D eigenvalue weighted by molar-refractivity contribution is -0.384. The van der Waals surface area contributed by atoms with Gasteiger partial charge in [0.05, 0.1) is 10.5 Å². The average Bonchev–Trinajstić information content (AvgIpc) is 2.34. The maximum Gasteiger partial charge on any atom is 0.326 e. The molecule has 0 aliphatic rings. The van der Waals surface area contributed by atoms with Crippen molar-refractivity contribution in [3.63, 3.8) is 0 Å². The van der Waals surface area contributed by atoms with E-state index in [0.29, 0.717) is 3.57 Å². The van der Waals surface area contributed by atoms with Crippen LogP contribution in [0.2, 0.25) is 0 Å². The molecule has 0 bridgehead atoms. The van der Waals surface area contributed by atoms with Gasteiger partial charge in [0, 0.05) is 15.7 Å². The number of rotatable bonds is 5. The molecule has 20 heavy (non-hydrogen) atoms. The minimum atomic E-state index is -1.12. The topological polar surface area (TPSA) is 110 Å². The van der Waals surface area contributed by atoms with Crippen molar-refractivity contribution in [2.24, 2.45) is 5.92 Å². The van der Waals surface area contributed by atoms with Crippen molar-refractivity contribution in [3.8, 4) is 0 Å². The molecule has 1 aromatic carbocycles. The Balaban J connectivity index is 2.98. The van der Waals surface area contributed by atoms with Crippen LogP contribution in [0.3, 0.4) is 0 Å². The second-order valence-corrected chi connectivity index (χ2v) is 5.62. The first-order chi connectivity index (χ1) is 9.23. The smallest absolute Gasteiger partial charge is 0.326 e. The zero-order valence-electron chi connectivity index (χ0n) is 10.8. The van der Waals surface area contributed by atoms with Crippen LogP contribution in [0.25, 0.3) is 0 Å². The third-order valence-corrected chi connectivity index (χ3v) is 3.52. The molecule has 8 heteroatoms. The van der Waals surface area contributed by atoms with Crippen molar-refractivity contribution in [2.45, 2.75) is 19.9 Å². The molecule has 0 aliphatic heterocycles. The Morgan fingerprint density at radius 2 is 2.00 bits per heavy atom. The Labute approximate surface area is 128 Å². The Bertz CT molecular complexity index is 559. The molecule has 108 valence electrons. The monoisotopic (exact) mass is 392 g/mol. The second kappa shape index (κ2) is 6.64. The van der Waals surface area contributed by atoms with E-state index in [9.17, 15) is 19.7 Å². The summed E-state index contributed by atoms with van der Waals surface area (Å²) < 4.78 is 0.391. The number of carboxylic acid groups (broad SMARTS) is 1. The first kappa shape index (κ1) is 16.3. The highest BCUT2D eigenvalue weighted by molar-refractivity contribution is 14.1. The van der Waals surface area contributed by atoms with Gasteiger partial charge in [-0.05, 0) is 34.6 Å². The number of amides is 1. The van der Waals surface area contributed by atoms with Crippen LogP contribution in [0.5, 0.6) is 0 Å². The van der Waals surface area contributed by atoms with Gasteiger partial charge < -0.3 is 10.4 Å². The predicted molar refractivity (Wildman–Crippen MR) is 79.5 cm³/mol. The Hall–Kier alpha value is -1.71. The molecule has 0 saturated heterocycles. The van der Waals surface area contributed by atoms with E-state index in [4.69, 9.17) is 5.11 Å². The van der Waals surface area contributed by atoms with Crippen molar-refractivity contribution < 1.29 is 19.6 Å². The van der Waals surface area contributed by atoms with Gasteiger partial charge >= 0.3 is 5.97 Å². The maximum absolute atomic E-state index is 12.0. The summed E-state index contributed by atoms with van der Waals surface area (Å²) in [5, 5.41) is 22.0. The van der Waals surface area contributed by atoms with E-state index in [-0.39, 0.29) is 17.2 Å². The lowest BCUT2D eigenvalue weighted by Crippen LogP contribution is -2.44. The number of aliphatic carboxylic acids is 1. The van der Waals surface area contributed by atoms with Crippen LogP contribution in [0.4, 0.5) is 5.69 Å². The van der Waals surface area contributed by atoms with Gasteiger partial charge in [0.25, 0.3) is 11.6 Å². The number of hydrogen-bond donors (Lipinski definition) is 2. The zero-order valence-corrected chi connectivity index (χ0v) is 12.9. The lowest BCUT2D eigenvalue weighted by Gasteiger charge is -2.18. The average molecular weight is 392 g/mol. The van der Waals surface area contributed by atoms with Gasteiger partial charge in [0.2, 0.25) is 0 Å². The zero-order chi connectivity index (χ0) is 15.4. The molecule has 0 radical (unpaired) electrons. The molecule has 0 aromatic heterocycles. The molecule has 1 aromatic rings. The summed E-state index contributed by atoms with van der Waals surface area (Å²) in [7, 11) is 0. The number of carboxylic acids is 1. The fraction of sp³-hybridized carbons (Fsp3) is 0.333. The largest absolute Gasteiger partial charge is 0.480 e. The number of halogens is 1. The van der Waals surface area contributed by atoms with Crippen LogP contribution in [-0.2, 0) is 4.79 Å². The van der Waals surface area contributed by atoms with Crippen LogP contribution < -0.4 is 5.32 Å². The fourth-order valence-corrected chi connectivity index (χ4v) is 2.28. The molecule has 1 atom stereocenters. The standard InChI is InChI=1S/C12H13IN2O5/c1-6(2)10(12(17)18)14-11(16)8-4-3-7(15(19)20)5-9(8)13/h3-6,10H,1-2H3,(H,14,16)(H,17,18)/t10-/m1/s1. The minimum absolute atomic E-state index is 0.121. The van der Waals surface area contributed by atoms with Gasteiger partial charge in [-0.15, -0.1) is 0 Å². The Morgan fingerprint density at radius 1 is 1.40 bits per heavy atom. The molecular weight excluding hydrogens is 379 g/mol. The number of nitrogens with one attached hydrogen (secondary N) is 1. The normalized spacial score (nSPS) is 12.0.